The molecule has 2 N–H and O–H groups in total. The molecule has 0 aromatic heterocycles. The Kier molecular flexibility index (Phi) is 9.54. The van der Waals surface area contributed by atoms with Gasteiger partial charge in [0.15, 0.2) is 0 Å². The van der Waals surface area contributed by atoms with E-state index in [1.807, 2.05) is 0 Å². The van der Waals surface area contributed by atoms with Crippen molar-refractivity contribution in [3.05, 3.63) is 0 Å². The molecule has 0 aliphatic rings. The Labute approximate surface area is 95.1 Å². The summed E-state index contributed by atoms with van der Waals surface area (Å²) >= 11 is 0. The van der Waals surface area contributed by atoms with Crippen LogP contribution in [-0.4, -0.2) is 55.6 Å². The van der Waals surface area contributed by atoms with E-state index in [0.717, 1.165) is 0 Å². The molecule has 94 valence electrons. The van der Waals surface area contributed by atoms with Crippen molar-refractivity contribution in [1.82, 2.24) is 0 Å². The summed E-state index contributed by atoms with van der Waals surface area (Å²) in [5.74, 6) is 2.32. The molecule has 0 saturated carbocycles. The molecular weight excluding hydrogens is 235 g/mol. The van der Waals surface area contributed by atoms with Crippen LogP contribution in [0.1, 0.15) is 0 Å². The first-order valence-electron chi connectivity index (χ1n) is 4.77. The smallest absolute Gasteiger partial charge is 0.327 e. The van der Waals surface area contributed by atoms with E-state index in [0.29, 0.717) is 26.4 Å². The standard InChI is InChI=1S/C9H17O6P/c1-2-3-13-4-5-14-6-7-15-8-9-16(10,11)12/h1H,3-9H2,(H2,10,11,12). The van der Waals surface area contributed by atoms with Crippen molar-refractivity contribution in [2.75, 3.05) is 45.8 Å². The molecule has 0 atom stereocenters. The quantitative estimate of drug-likeness (QED) is 0.319. The van der Waals surface area contributed by atoms with Gasteiger partial charge in [-0.15, -0.1) is 6.42 Å². The maximum absolute atomic E-state index is 10.4. The second kappa shape index (κ2) is 9.79. The first-order valence-corrected chi connectivity index (χ1v) is 6.57. The van der Waals surface area contributed by atoms with Gasteiger partial charge in [-0.25, -0.2) is 0 Å². The average molecular weight is 252 g/mol. The van der Waals surface area contributed by atoms with Crippen LogP contribution in [0.3, 0.4) is 0 Å². The van der Waals surface area contributed by atoms with Gasteiger partial charge >= 0.3 is 7.60 Å². The topological polar surface area (TPSA) is 85.2 Å². The van der Waals surface area contributed by atoms with E-state index < -0.39 is 7.60 Å². The molecular formula is C9H17O6P. The number of terminal acetylenes is 1. The van der Waals surface area contributed by atoms with Gasteiger partial charge < -0.3 is 24.0 Å². The van der Waals surface area contributed by atoms with Crippen LogP contribution in [0.5, 0.6) is 0 Å². The van der Waals surface area contributed by atoms with Crippen molar-refractivity contribution in [3.63, 3.8) is 0 Å². The lowest BCUT2D eigenvalue weighted by molar-refractivity contribution is 0.0230. The van der Waals surface area contributed by atoms with Crippen LogP contribution in [0.15, 0.2) is 0 Å². The van der Waals surface area contributed by atoms with Crippen LogP contribution in [0.25, 0.3) is 0 Å². The Balaban J connectivity index is 3.05. The molecule has 7 heteroatoms. The minimum absolute atomic E-state index is 0.0290. The van der Waals surface area contributed by atoms with Gasteiger partial charge in [0, 0.05) is 0 Å². The summed E-state index contributed by atoms with van der Waals surface area (Å²) in [7, 11) is -3.94. The van der Waals surface area contributed by atoms with E-state index in [1.165, 1.54) is 0 Å². The summed E-state index contributed by atoms with van der Waals surface area (Å²) in [6.07, 6.45) is 4.69. The molecule has 0 bridgehead atoms. The Bertz CT molecular complexity index is 243. The van der Waals surface area contributed by atoms with Gasteiger partial charge in [0.25, 0.3) is 0 Å². The zero-order valence-corrected chi connectivity index (χ0v) is 9.90. The fourth-order valence-electron chi connectivity index (χ4n) is 0.754. The van der Waals surface area contributed by atoms with Gasteiger partial charge in [0.2, 0.25) is 0 Å². The van der Waals surface area contributed by atoms with E-state index in [2.05, 4.69) is 5.92 Å². The molecule has 0 fully saturated rings. The lowest BCUT2D eigenvalue weighted by Gasteiger charge is -2.06. The molecule has 0 aliphatic heterocycles. The Morgan fingerprint density at radius 3 is 2.00 bits per heavy atom. The number of rotatable bonds is 10. The second-order valence-corrected chi connectivity index (χ2v) is 4.65. The van der Waals surface area contributed by atoms with Crippen LogP contribution in [-0.2, 0) is 18.8 Å². The van der Waals surface area contributed by atoms with Gasteiger partial charge in [-0.05, 0) is 0 Å². The molecule has 0 aliphatic carbocycles. The maximum atomic E-state index is 10.4. The Morgan fingerprint density at radius 1 is 1.00 bits per heavy atom. The van der Waals surface area contributed by atoms with Gasteiger partial charge in [-0.2, -0.15) is 0 Å². The summed E-state index contributed by atoms with van der Waals surface area (Å²) in [6.45, 7) is 1.80. The summed E-state index contributed by atoms with van der Waals surface area (Å²) in [6, 6.07) is 0. The fraction of sp³-hybridized carbons (Fsp3) is 0.778. The number of hydrogen-bond acceptors (Lipinski definition) is 4. The Hall–Kier alpha value is -0.410. The minimum atomic E-state index is -3.94. The highest BCUT2D eigenvalue weighted by Crippen LogP contribution is 2.33. The third kappa shape index (κ3) is 13.6. The van der Waals surface area contributed by atoms with Gasteiger partial charge in [-0.3, -0.25) is 4.57 Å². The summed E-state index contributed by atoms with van der Waals surface area (Å²) in [4.78, 5) is 17.0. The summed E-state index contributed by atoms with van der Waals surface area (Å²) < 4.78 is 25.4. The SMILES string of the molecule is C#CCOCCOCCOCCP(=O)(O)O. The summed E-state index contributed by atoms with van der Waals surface area (Å²) in [5, 5.41) is 0. The van der Waals surface area contributed by atoms with E-state index in [4.69, 9.17) is 30.4 Å². The highest BCUT2D eigenvalue weighted by atomic mass is 31.2. The monoisotopic (exact) mass is 252 g/mol. The van der Waals surface area contributed by atoms with Crippen molar-refractivity contribution in [2.24, 2.45) is 0 Å². The van der Waals surface area contributed by atoms with Crippen molar-refractivity contribution >= 4 is 7.60 Å². The molecule has 0 unspecified atom stereocenters. The van der Waals surface area contributed by atoms with E-state index in [1.54, 1.807) is 0 Å². The van der Waals surface area contributed by atoms with E-state index in [9.17, 15) is 4.57 Å². The summed E-state index contributed by atoms with van der Waals surface area (Å²) in [5.41, 5.74) is 0. The largest absolute Gasteiger partial charge is 0.378 e. The second-order valence-electron chi connectivity index (χ2n) is 2.87. The highest BCUT2D eigenvalue weighted by molar-refractivity contribution is 7.51. The van der Waals surface area contributed by atoms with E-state index >= 15 is 0 Å². The molecule has 0 aromatic carbocycles. The average Bonchev–Trinajstić information content (AvgIpc) is 2.19. The lowest BCUT2D eigenvalue weighted by atomic mass is 10.7. The van der Waals surface area contributed by atoms with Crippen LogP contribution in [0.4, 0.5) is 0 Å². The first-order chi connectivity index (χ1) is 7.56. The van der Waals surface area contributed by atoms with Crippen LogP contribution >= 0.6 is 7.60 Å². The lowest BCUT2D eigenvalue weighted by Crippen LogP contribution is -2.11. The number of ether oxygens (including phenoxy) is 3. The van der Waals surface area contributed by atoms with Crippen LogP contribution in [0.2, 0.25) is 0 Å². The molecule has 16 heavy (non-hydrogen) atoms. The highest BCUT2D eigenvalue weighted by Gasteiger charge is 2.11. The molecule has 0 spiro atoms. The third-order valence-corrected chi connectivity index (χ3v) is 2.22. The first kappa shape index (κ1) is 15.6. The molecule has 6 nitrogen and oxygen atoms in total. The zero-order valence-electron chi connectivity index (χ0n) is 9.00. The number of hydrogen-bond donors (Lipinski definition) is 2. The minimum Gasteiger partial charge on any atom is -0.378 e. The van der Waals surface area contributed by atoms with Crippen molar-refractivity contribution in [1.29, 1.82) is 0 Å². The molecule has 0 aromatic rings. The molecule has 0 heterocycles. The molecule has 0 amide bonds. The third-order valence-electron chi connectivity index (χ3n) is 1.46. The molecule has 0 saturated heterocycles. The maximum Gasteiger partial charge on any atom is 0.327 e. The fourth-order valence-corrected chi connectivity index (χ4v) is 1.12. The Morgan fingerprint density at radius 2 is 1.50 bits per heavy atom. The van der Waals surface area contributed by atoms with Gasteiger partial charge in [-0.1, -0.05) is 5.92 Å². The predicted molar refractivity (Wildman–Crippen MR) is 58.2 cm³/mol. The van der Waals surface area contributed by atoms with E-state index in [-0.39, 0.29) is 19.4 Å². The van der Waals surface area contributed by atoms with Crippen molar-refractivity contribution in [2.45, 2.75) is 0 Å². The predicted octanol–water partition coefficient (Wildman–Crippen LogP) is -0.153. The van der Waals surface area contributed by atoms with Gasteiger partial charge in [0.1, 0.15) is 6.61 Å². The van der Waals surface area contributed by atoms with Gasteiger partial charge in [0.05, 0.1) is 39.2 Å². The van der Waals surface area contributed by atoms with Crippen LogP contribution in [0, 0.1) is 12.3 Å². The van der Waals surface area contributed by atoms with Crippen LogP contribution < -0.4 is 0 Å². The zero-order chi connectivity index (χ0) is 12.3. The molecule has 0 rings (SSSR count). The van der Waals surface area contributed by atoms with Crippen molar-refractivity contribution < 1.29 is 28.6 Å². The van der Waals surface area contributed by atoms with Crippen molar-refractivity contribution in [3.8, 4) is 12.3 Å². The molecule has 0 radical (unpaired) electrons. The normalized spacial score (nSPS) is 11.3.